The first-order valence-electron chi connectivity index (χ1n) is 9.12. The SMILES string of the molecule is CN1C(=O)N[C@@](C)([C@H]2CCCN(Cc3nnc(C4CCC4)o3)C2)C1=O. The molecule has 3 aliphatic rings. The van der Waals surface area contributed by atoms with Crippen molar-refractivity contribution >= 4 is 11.9 Å². The van der Waals surface area contributed by atoms with Gasteiger partial charge in [0, 0.05) is 25.4 Å². The molecule has 8 heteroatoms. The minimum atomic E-state index is -0.823. The second kappa shape index (κ2) is 6.09. The number of piperidine rings is 1. The Labute approximate surface area is 146 Å². The van der Waals surface area contributed by atoms with Crippen molar-refractivity contribution in [3.8, 4) is 0 Å². The number of nitrogens with zero attached hydrogens (tertiary/aromatic N) is 4. The molecule has 25 heavy (non-hydrogen) atoms. The Kier molecular flexibility index (Phi) is 4.02. The van der Waals surface area contributed by atoms with Crippen LogP contribution < -0.4 is 5.32 Å². The lowest BCUT2D eigenvalue weighted by Gasteiger charge is -2.39. The maximum Gasteiger partial charge on any atom is 0.324 e. The standard InChI is InChI=1S/C17H25N5O3/c1-17(15(23)21(2)16(24)18-17)12-7-4-8-22(9-12)10-13-19-20-14(25-13)11-5-3-6-11/h11-12H,3-10H2,1-2H3,(H,18,24)/t12-,17-/m0/s1. The molecule has 1 N–H and O–H groups in total. The molecule has 3 amide bonds. The third-order valence-corrected chi connectivity index (χ3v) is 6.04. The zero-order valence-corrected chi connectivity index (χ0v) is 14.8. The second-order valence-electron chi connectivity index (χ2n) is 7.73. The number of rotatable bonds is 4. The van der Waals surface area contributed by atoms with Gasteiger partial charge >= 0.3 is 6.03 Å². The molecule has 1 saturated carbocycles. The van der Waals surface area contributed by atoms with Gasteiger partial charge in [0.05, 0.1) is 6.54 Å². The monoisotopic (exact) mass is 347 g/mol. The van der Waals surface area contributed by atoms with Gasteiger partial charge in [0.1, 0.15) is 5.54 Å². The van der Waals surface area contributed by atoms with E-state index in [1.165, 1.54) is 18.4 Å². The van der Waals surface area contributed by atoms with E-state index in [1.54, 1.807) is 0 Å². The van der Waals surface area contributed by atoms with Crippen molar-refractivity contribution in [3.63, 3.8) is 0 Å². The zero-order chi connectivity index (χ0) is 17.6. The highest BCUT2D eigenvalue weighted by Crippen LogP contribution is 2.36. The van der Waals surface area contributed by atoms with Crippen LogP contribution in [0.4, 0.5) is 4.79 Å². The van der Waals surface area contributed by atoms with E-state index in [-0.39, 0.29) is 17.9 Å². The third kappa shape index (κ3) is 2.82. The van der Waals surface area contributed by atoms with Crippen molar-refractivity contribution in [3.05, 3.63) is 11.8 Å². The number of nitrogens with one attached hydrogen (secondary N) is 1. The van der Waals surface area contributed by atoms with E-state index in [1.807, 2.05) is 6.92 Å². The van der Waals surface area contributed by atoms with E-state index < -0.39 is 5.54 Å². The summed E-state index contributed by atoms with van der Waals surface area (Å²) >= 11 is 0. The first-order chi connectivity index (χ1) is 12.0. The van der Waals surface area contributed by atoms with Crippen LogP contribution in [0.1, 0.15) is 56.7 Å². The molecule has 0 unspecified atom stereocenters. The van der Waals surface area contributed by atoms with Gasteiger partial charge in [-0.2, -0.15) is 0 Å². The lowest BCUT2D eigenvalue weighted by atomic mass is 9.80. The number of carbonyl (C=O) groups excluding carboxylic acids is 2. The molecule has 0 bridgehead atoms. The van der Waals surface area contributed by atoms with Crippen LogP contribution in [0.25, 0.3) is 0 Å². The summed E-state index contributed by atoms with van der Waals surface area (Å²) in [7, 11) is 1.53. The molecule has 1 aromatic rings. The summed E-state index contributed by atoms with van der Waals surface area (Å²) in [5, 5.41) is 11.3. The van der Waals surface area contributed by atoms with Crippen LogP contribution in [0, 0.1) is 5.92 Å². The number of carbonyl (C=O) groups is 2. The predicted octanol–water partition coefficient (Wildman–Crippen LogP) is 1.49. The fraction of sp³-hybridized carbons (Fsp3) is 0.765. The molecule has 0 aromatic carbocycles. The number of imide groups is 1. The Morgan fingerprint density at radius 3 is 2.68 bits per heavy atom. The maximum absolute atomic E-state index is 12.5. The Bertz CT molecular complexity index is 686. The fourth-order valence-electron chi connectivity index (χ4n) is 4.09. The van der Waals surface area contributed by atoms with Gasteiger partial charge in [-0.25, -0.2) is 4.79 Å². The number of amides is 3. The highest BCUT2D eigenvalue weighted by molar-refractivity contribution is 6.06. The molecule has 136 valence electrons. The largest absolute Gasteiger partial charge is 0.424 e. The molecule has 8 nitrogen and oxygen atoms in total. The highest BCUT2D eigenvalue weighted by Gasteiger charge is 2.51. The summed E-state index contributed by atoms with van der Waals surface area (Å²) in [4.78, 5) is 27.8. The molecular formula is C17H25N5O3. The van der Waals surface area contributed by atoms with Crippen molar-refractivity contribution in [1.82, 2.24) is 25.3 Å². The molecule has 3 heterocycles. The van der Waals surface area contributed by atoms with Crippen LogP contribution in [0.5, 0.6) is 0 Å². The highest BCUT2D eigenvalue weighted by atomic mass is 16.4. The summed E-state index contributed by atoms with van der Waals surface area (Å²) < 4.78 is 5.82. The number of hydrogen-bond acceptors (Lipinski definition) is 6. The number of likely N-dealkylation sites (tertiary alicyclic amines) is 1. The lowest BCUT2D eigenvalue weighted by Crippen LogP contribution is -2.55. The molecule has 0 spiro atoms. The number of likely N-dealkylation sites (N-methyl/N-ethyl adjacent to an activating group) is 1. The van der Waals surface area contributed by atoms with Crippen LogP contribution in [-0.2, 0) is 11.3 Å². The number of aromatic nitrogens is 2. The lowest BCUT2D eigenvalue weighted by molar-refractivity contribution is -0.132. The first kappa shape index (κ1) is 16.5. The van der Waals surface area contributed by atoms with Crippen molar-refractivity contribution < 1.29 is 14.0 Å². The van der Waals surface area contributed by atoms with E-state index in [0.29, 0.717) is 18.4 Å². The molecule has 1 aromatic heterocycles. The Morgan fingerprint density at radius 2 is 2.04 bits per heavy atom. The fourth-order valence-corrected chi connectivity index (χ4v) is 4.09. The quantitative estimate of drug-likeness (QED) is 0.830. The van der Waals surface area contributed by atoms with Crippen LogP contribution in [0.2, 0.25) is 0 Å². The van der Waals surface area contributed by atoms with E-state index in [4.69, 9.17) is 4.42 Å². The molecule has 3 fully saturated rings. The minimum absolute atomic E-state index is 0.0803. The molecule has 4 rings (SSSR count). The van der Waals surface area contributed by atoms with Gasteiger partial charge < -0.3 is 9.73 Å². The van der Waals surface area contributed by atoms with Crippen molar-refractivity contribution in [2.45, 2.75) is 57.0 Å². The van der Waals surface area contributed by atoms with E-state index in [0.717, 1.165) is 44.7 Å². The van der Waals surface area contributed by atoms with Crippen LogP contribution in [-0.4, -0.2) is 57.6 Å². The van der Waals surface area contributed by atoms with Gasteiger partial charge in [0.25, 0.3) is 5.91 Å². The Hall–Kier alpha value is -1.96. The summed E-state index contributed by atoms with van der Waals surface area (Å²) in [5.41, 5.74) is -0.823. The Balaban J connectivity index is 1.42. The second-order valence-corrected chi connectivity index (χ2v) is 7.73. The Morgan fingerprint density at radius 1 is 1.24 bits per heavy atom. The van der Waals surface area contributed by atoms with Gasteiger partial charge in [-0.3, -0.25) is 14.6 Å². The van der Waals surface area contributed by atoms with Gasteiger partial charge in [-0.1, -0.05) is 6.42 Å². The topological polar surface area (TPSA) is 91.6 Å². The normalized spacial score (nSPS) is 31.3. The van der Waals surface area contributed by atoms with E-state index in [9.17, 15) is 9.59 Å². The van der Waals surface area contributed by atoms with E-state index >= 15 is 0 Å². The average molecular weight is 347 g/mol. The predicted molar refractivity (Wildman–Crippen MR) is 88.6 cm³/mol. The van der Waals surface area contributed by atoms with Gasteiger partial charge in [0.2, 0.25) is 11.8 Å². The van der Waals surface area contributed by atoms with Gasteiger partial charge in [0.15, 0.2) is 0 Å². The van der Waals surface area contributed by atoms with Crippen LogP contribution >= 0.6 is 0 Å². The number of hydrogen-bond donors (Lipinski definition) is 1. The molecule has 2 saturated heterocycles. The maximum atomic E-state index is 12.5. The summed E-state index contributed by atoms with van der Waals surface area (Å²) in [6, 6.07) is -0.313. The summed E-state index contributed by atoms with van der Waals surface area (Å²) in [6.07, 6.45) is 5.42. The zero-order valence-electron chi connectivity index (χ0n) is 14.8. The summed E-state index contributed by atoms with van der Waals surface area (Å²) in [6.45, 7) is 4.11. The van der Waals surface area contributed by atoms with Crippen molar-refractivity contribution in [2.24, 2.45) is 5.92 Å². The van der Waals surface area contributed by atoms with Crippen LogP contribution in [0.3, 0.4) is 0 Å². The van der Waals surface area contributed by atoms with Crippen LogP contribution in [0.15, 0.2) is 4.42 Å². The van der Waals surface area contributed by atoms with Gasteiger partial charge in [-0.15, -0.1) is 10.2 Å². The molecular weight excluding hydrogens is 322 g/mol. The average Bonchev–Trinajstić information content (AvgIpc) is 3.06. The van der Waals surface area contributed by atoms with Crippen molar-refractivity contribution in [2.75, 3.05) is 20.1 Å². The summed E-state index contributed by atoms with van der Waals surface area (Å²) in [5.74, 6) is 1.79. The molecule has 1 aliphatic carbocycles. The van der Waals surface area contributed by atoms with E-state index in [2.05, 4.69) is 20.4 Å². The number of urea groups is 1. The third-order valence-electron chi connectivity index (χ3n) is 6.04. The van der Waals surface area contributed by atoms with Crippen molar-refractivity contribution in [1.29, 1.82) is 0 Å². The molecule has 0 radical (unpaired) electrons. The molecule has 2 aliphatic heterocycles. The van der Waals surface area contributed by atoms with Gasteiger partial charge in [-0.05, 0) is 39.2 Å². The smallest absolute Gasteiger partial charge is 0.324 e. The first-order valence-corrected chi connectivity index (χ1v) is 9.12. The molecule has 2 atom stereocenters. The minimum Gasteiger partial charge on any atom is -0.424 e.